The van der Waals surface area contributed by atoms with E-state index in [4.69, 9.17) is 0 Å². The van der Waals surface area contributed by atoms with Gasteiger partial charge in [-0.25, -0.2) is 9.37 Å². The quantitative estimate of drug-likeness (QED) is 0.906. The van der Waals surface area contributed by atoms with Gasteiger partial charge in [0.2, 0.25) is 0 Å². The molecule has 124 valence electrons. The van der Waals surface area contributed by atoms with Gasteiger partial charge in [0.25, 0.3) is 5.91 Å². The summed E-state index contributed by atoms with van der Waals surface area (Å²) in [6.45, 7) is 2.06. The van der Waals surface area contributed by atoms with Crippen molar-refractivity contribution >= 4 is 17.2 Å². The molecule has 1 amide bonds. The summed E-state index contributed by atoms with van der Waals surface area (Å²) in [6, 6.07) is 8.35. The number of carbonyl (C=O) groups is 1. The van der Waals surface area contributed by atoms with E-state index < -0.39 is 5.82 Å². The molecule has 5 heteroatoms. The summed E-state index contributed by atoms with van der Waals surface area (Å²) in [7, 11) is 0. The van der Waals surface area contributed by atoms with E-state index >= 15 is 0 Å². The molecule has 2 aromatic rings. The van der Waals surface area contributed by atoms with E-state index in [-0.39, 0.29) is 18.2 Å². The third kappa shape index (κ3) is 3.36. The summed E-state index contributed by atoms with van der Waals surface area (Å²) in [4.78, 5) is 16.0. The largest absolute Gasteiger partial charge is 0.392 e. The lowest BCUT2D eigenvalue weighted by atomic mass is 9.97. The fourth-order valence-electron chi connectivity index (χ4n) is 2.99. The van der Waals surface area contributed by atoms with E-state index in [0.717, 1.165) is 42.2 Å². The molecule has 0 saturated heterocycles. The molecule has 0 spiro atoms. The summed E-state index contributed by atoms with van der Waals surface area (Å²) in [6.07, 6.45) is 3.86. The number of aliphatic hydroxyl groups is 1. The standard InChI is InChI=1S/C19H19FN2O2/c1-12-14(11-23)4-2-3-13-5-7-16(9-17(12)13)22-19(24)18-8-6-15(20)10-21-18/h5-10,23H,2-4,11H2,1H3,(H,22,24). The van der Waals surface area contributed by atoms with Crippen LogP contribution in [0.25, 0.3) is 5.57 Å². The van der Waals surface area contributed by atoms with Crippen LogP contribution in [0.15, 0.2) is 42.1 Å². The number of fused-ring (bicyclic) bond motifs is 1. The van der Waals surface area contributed by atoms with Crippen LogP contribution in [0.2, 0.25) is 0 Å². The molecule has 1 aliphatic carbocycles. The first-order chi connectivity index (χ1) is 11.6. The van der Waals surface area contributed by atoms with Gasteiger partial charge in [0.1, 0.15) is 11.5 Å². The minimum absolute atomic E-state index is 0.0569. The molecule has 1 heterocycles. The number of rotatable bonds is 3. The maximum absolute atomic E-state index is 12.9. The third-order valence-corrected chi connectivity index (χ3v) is 4.38. The average Bonchev–Trinajstić information content (AvgIpc) is 2.74. The highest BCUT2D eigenvalue weighted by atomic mass is 19.1. The van der Waals surface area contributed by atoms with Gasteiger partial charge in [-0.05, 0) is 72.7 Å². The summed E-state index contributed by atoms with van der Waals surface area (Å²) < 4.78 is 12.9. The van der Waals surface area contributed by atoms with Crippen molar-refractivity contribution in [3.05, 3.63) is 64.7 Å². The molecule has 24 heavy (non-hydrogen) atoms. The second-order valence-corrected chi connectivity index (χ2v) is 5.93. The molecule has 1 aromatic heterocycles. The number of nitrogens with one attached hydrogen (secondary N) is 1. The number of nitrogens with zero attached hydrogens (tertiary/aromatic N) is 1. The number of carbonyl (C=O) groups excluding carboxylic acids is 1. The maximum atomic E-state index is 12.9. The average molecular weight is 326 g/mol. The summed E-state index contributed by atoms with van der Waals surface area (Å²) in [5, 5.41) is 12.3. The number of allylic oxidation sites excluding steroid dienone is 1. The lowest BCUT2D eigenvalue weighted by Gasteiger charge is -2.12. The highest BCUT2D eigenvalue weighted by Crippen LogP contribution is 2.31. The first-order valence-corrected chi connectivity index (χ1v) is 7.94. The molecule has 0 fully saturated rings. The Morgan fingerprint density at radius 1 is 1.29 bits per heavy atom. The molecule has 1 aromatic carbocycles. The van der Waals surface area contributed by atoms with Crippen molar-refractivity contribution in [2.75, 3.05) is 11.9 Å². The highest BCUT2D eigenvalue weighted by molar-refractivity contribution is 6.03. The number of hydrogen-bond donors (Lipinski definition) is 2. The lowest BCUT2D eigenvalue weighted by molar-refractivity contribution is 0.102. The van der Waals surface area contributed by atoms with Gasteiger partial charge in [0.15, 0.2) is 0 Å². The van der Waals surface area contributed by atoms with Crippen LogP contribution in [0.4, 0.5) is 10.1 Å². The van der Waals surface area contributed by atoms with Crippen molar-refractivity contribution < 1.29 is 14.3 Å². The second kappa shape index (κ2) is 6.93. The first-order valence-electron chi connectivity index (χ1n) is 7.94. The van der Waals surface area contributed by atoms with Gasteiger partial charge in [-0.2, -0.15) is 0 Å². The topological polar surface area (TPSA) is 62.2 Å². The van der Waals surface area contributed by atoms with Gasteiger partial charge < -0.3 is 10.4 Å². The zero-order valence-corrected chi connectivity index (χ0v) is 13.5. The predicted octanol–water partition coefficient (Wildman–Crippen LogP) is 3.58. The molecule has 1 aliphatic rings. The Labute approximate surface area is 140 Å². The van der Waals surface area contributed by atoms with Gasteiger partial charge in [0.05, 0.1) is 12.8 Å². The Bertz CT molecular complexity index is 798. The van der Waals surface area contributed by atoms with Crippen molar-refractivity contribution in [1.82, 2.24) is 4.98 Å². The molecule has 4 nitrogen and oxygen atoms in total. The van der Waals surface area contributed by atoms with Crippen LogP contribution in [-0.2, 0) is 6.42 Å². The lowest BCUT2D eigenvalue weighted by Crippen LogP contribution is -2.14. The zero-order chi connectivity index (χ0) is 17.1. The van der Waals surface area contributed by atoms with Gasteiger partial charge in [-0.15, -0.1) is 0 Å². The van der Waals surface area contributed by atoms with Crippen molar-refractivity contribution in [3.8, 4) is 0 Å². The number of aryl methyl sites for hydroxylation is 1. The number of aromatic nitrogens is 1. The number of pyridine rings is 1. The fourth-order valence-corrected chi connectivity index (χ4v) is 2.99. The van der Waals surface area contributed by atoms with Crippen LogP contribution in [0.3, 0.4) is 0 Å². The van der Waals surface area contributed by atoms with Crippen LogP contribution in [0.5, 0.6) is 0 Å². The Kier molecular flexibility index (Phi) is 4.71. The Balaban J connectivity index is 1.88. The normalized spacial score (nSPS) is 14.1. The number of amides is 1. The molecule has 0 unspecified atom stereocenters. The van der Waals surface area contributed by atoms with Crippen molar-refractivity contribution in [1.29, 1.82) is 0 Å². The molecular formula is C19H19FN2O2. The Morgan fingerprint density at radius 2 is 2.12 bits per heavy atom. The zero-order valence-electron chi connectivity index (χ0n) is 13.5. The molecule has 0 radical (unpaired) electrons. The van der Waals surface area contributed by atoms with E-state index in [2.05, 4.69) is 10.3 Å². The van der Waals surface area contributed by atoms with E-state index in [1.165, 1.54) is 17.7 Å². The number of aliphatic hydroxyl groups excluding tert-OH is 1. The molecule has 0 bridgehead atoms. The van der Waals surface area contributed by atoms with Crippen molar-refractivity contribution in [3.63, 3.8) is 0 Å². The summed E-state index contributed by atoms with van der Waals surface area (Å²) in [5.74, 6) is -0.860. The van der Waals surface area contributed by atoms with Crippen molar-refractivity contribution in [2.24, 2.45) is 0 Å². The first kappa shape index (κ1) is 16.3. The fraction of sp³-hybridized carbons (Fsp3) is 0.263. The molecular weight excluding hydrogens is 307 g/mol. The smallest absolute Gasteiger partial charge is 0.274 e. The number of halogens is 1. The molecule has 0 atom stereocenters. The molecule has 3 rings (SSSR count). The highest BCUT2D eigenvalue weighted by Gasteiger charge is 2.15. The van der Waals surface area contributed by atoms with Crippen LogP contribution < -0.4 is 5.32 Å². The van der Waals surface area contributed by atoms with E-state index in [9.17, 15) is 14.3 Å². The molecule has 2 N–H and O–H groups in total. The van der Waals surface area contributed by atoms with Gasteiger partial charge in [0, 0.05) is 5.69 Å². The predicted molar refractivity (Wildman–Crippen MR) is 91.2 cm³/mol. The van der Waals surface area contributed by atoms with Crippen LogP contribution in [-0.4, -0.2) is 22.6 Å². The minimum atomic E-state index is -0.478. The van der Waals surface area contributed by atoms with E-state index in [1.807, 2.05) is 25.1 Å². The summed E-state index contributed by atoms with van der Waals surface area (Å²) >= 11 is 0. The molecule has 0 aliphatic heterocycles. The van der Waals surface area contributed by atoms with Gasteiger partial charge in [-0.3, -0.25) is 4.79 Å². The second-order valence-electron chi connectivity index (χ2n) is 5.93. The SMILES string of the molecule is CC1=C(CO)CCCc2ccc(NC(=O)c3ccc(F)cn3)cc21. The number of anilines is 1. The van der Waals surface area contributed by atoms with Gasteiger partial charge in [-0.1, -0.05) is 6.07 Å². The number of benzene rings is 1. The summed E-state index contributed by atoms with van der Waals surface area (Å²) in [5.41, 5.74) is 5.20. The maximum Gasteiger partial charge on any atom is 0.274 e. The molecule has 0 saturated carbocycles. The Hall–Kier alpha value is -2.53. The monoisotopic (exact) mass is 326 g/mol. The van der Waals surface area contributed by atoms with Crippen LogP contribution in [0, 0.1) is 5.82 Å². The van der Waals surface area contributed by atoms with E-state index in [1.54, 1.807) is 0 Å². The third-order valence-electron chi connectivity index (χ3n) is 4.38. The Morgan fingerprint density at radius 3 is 2.83 bits per heavy atom. The van der Waals surface area contributed by atoms with E-state index in [0.29, 0.717) is 5.69 Å². The minimum Gasteiger partial charge on any atom is -0.392 e. The van der Waals surface area contributed by atoms with Crippen LogP contribution in [0.1, 0.15) is 41.4 Å². The van der Waals surface area contributed by atoms with Gasteiger partial charge >= 0.3 is 0 Å². The van der Waals surface area contributed by atoms with Crippen LogP contribution >= 0.6 is 0 Å². The van der Waals surface area contributed by atoms with Crippen molar-refractivity contribution in [2.45, 2.75) is 26.2 Å². The number of hydrogen-bond acceptors (Lipinski definition) is 3.